The highest BCUT2D eigenvalue weighted by Gasteiger charge is 2.22. The number of amides is 1. The molecule has 0 radical (unpaired) electrons. The molecule has 0 aliphatic heterocycles. The monoisotopic (exact) mass is 347 g/mol. The van der Waals surface area contributed by atoms with Crippen molar-refractivity contribution in [3.05, 3.63) is 90.1 Å². The summed E-state index contributed by atoms with van der Waals surface area (Å²) in [5.41, 5.74) is 2.50. The molecule has 0 fully saturated rings. The van der Waals surface area contributed by atoms with Gasteiger partial charge in [-0.15, -0.1) is 0 Å². The number of pyridine rings is 1. The maximum absolute atomic E-state index is 13.0. The number of aliphatic hydroxyl groups excluding tert-OH is 1. The molecule has 0 aliphatic carbocycles. The largest absolute Gasteiger partial charge is 0.395 e. The summed E-state index contributed by atoms with van der Waals surface area (Å²) in [5.74, 6) is 0.143. The number of hydrogen-bond acceptors (Lipinski definition) is 4. The molecule has 26 heavy (non-hydrogen) atoms. The van der Waals surface area contributed by atoms with E-state index in [1.807, 2.05) is 60.7 Å². The molecule has 0 saturated carbocycles. The molecule has 1 aromatic heterocycles. The minimum atomic E-state index is -0.399. The van der Waals surface area contributed by atoms with E-state index in [9.17, 15) is 4.79 Å². The van der Waals surface area contributed by atoms with Crippen molar-refractivity contribution in [1.29, 1.82) is 0 Å². The molecule has 5 nitrogen and oxygen atoms in total. The summed E-state index contributed by atoms with van der Waals surface area (Å²) >= 11 is 0. The lowest BCUT2D eigenvalue weighted by Crippen LogP contribution is -2.22. The van der Waals surface area contributed by atoms with Gasteiger partial charge in [-0.05, 0) is 23.3 Å². The molecule has 132 valence electrons. The van der Waals surface area contributed by atoms with E-state index < -0.39 is 5.92 Å². The molecule has 3 N–H and O–H groups in total. The quantitative estimate of drug-likeness (QED) is 0.613. The number of hydrogen-bond donors (Lipinski definition) is 3. The van der Waals surface area contributed by atoms with Gasteiger partial charge in [0, 0.05) is 6.54 Å². The van der Waals surface area contributed by atoms with Crippen molar-refractivity contribution in [2.24, 2.45) is 0 Å². The van der Waals surface area contributed by atoms with Crippen LogP contribution in [0.2, 0.25) is 0 Å². The van der Waals surface area contributed by atoms with Crippen LogP contribution in [-0.4, -0.2) is 29.1 Å². The highest BCUT2D eigenvalue weighted by molar-refractivity contribution is 5.98. The van der Waals surface area contributed by atoms with Crippen LogP contribution in [-0.2, 0) is 4.79 Å². The Balaban J connectivity index is 1.80. The molecule has 0 spiro atoms. The van der Waals surface area contributed by atoms with Gasteiger partial charge < -0.3 is 15.7 Å². The average Bonchev–Trinajstić information content (AvgIpc) is 2.69. The topological polar surface area (TPSA) is 74.2 Å². The predicted octanol–water partition coefficient (Wildman–Crippen LogP) is 3.26. The van der Waals surface area contributed by atoms with E-state index in [1.54, 1.807) is 18.3 Å². The first-order chi connectivity index (χ1) is 12.8. The van der Waals surface area contributed by atoms with Gasteiger partial charge in [0.25, 0.3) is 0 Å². The Labute approximate surface area is 152 Å². The molecule has 1 amide bonds. The van der Waals surface area contributed by atoms with Gasteiger partial charge in [-0.25, -0.2) is 4.98 Å². The van der Waals surface area contributed by atoms with Crippen LogP contribution in [0.3, 0.4) is 0 Å². The zero-order chi connectivity index (χ0) is 18.2. The maximum Gasteiger partial charge on any atom is 0.236 e. The Morgan fingerprint density at radius 1 is 0.923 bits per heavy atom. The van der Waals surface area contributed by atoms with Crippen LogP contribution in [0, 0.1) is 0 Å². The Morgan fingerprint density at radius 2 is 1.54 bits per heavy atom. The molecule has 0 bridgehead atoms. The average molecular weight is 347 g/mol. The van der Waals surface area contributed by atoms with Crippen LogP contribution in [0.25, 0.3) is 0 Å². The first-order valence-electron chi connectivity index (χ1n) is 8.49. The Kier molecular flexibility index (Phi) is 5.96. The third-order valence-electron chi connectivity index (χ3n) is 3.98. The van der Waals surface area contributed by atoms with E-state index in [-0.39, 0.29) is 12.5 Å². The van der Waals surface area contributed by atoms with Crippen molar-refractivity contribution in [2.75, 3.05) is 23.8 Å². The second-order valence-electron chi connectivity index (χ2n) is 5.83. The number of anilines is 2. The molecule has 1 heterocycles. The van der Waals surface area contributed by atoms with E-state index in [4.69, 9.17) is 5.11 Å². The van der Waals surface area contributed by atoms with Gasteiger partial charge in [-0.1, -0.05) is 60.7 Å². The van der Waals surface area contributed by atoms with E-state index >= 15 is 0 Å². The van der Waals surface area contributed by atoms with Crippen LogP contribution >= 0.6 is 0 Å². The number of benzene rings is 2. The summed E-state index contributed by atoms with van der Waals surface area (Å²) in [6.07, 6.45) is 1.60. The lowest BCUT2D eigenvalue weighted by molar-refractivity contribution is -0.116. The first-order valence-corrected chi connectivity index (χ1v) is 8.49. The lowest BCUT2D eigenvalue weighted by Gasteiger charge is -2.18. The van der Waals surface area contributed by atoms with Crippen LogP contribution < -0.4 is 10.6 Å². The first kappa shape index (κ1) is 17.6. The van der Waals surface area contributed by atoms with E-state index in [2.05, 4.69) is 15.6 Å². The fourth-order valence-corrected chi connectivity index (χ4v) is 2.76. The maximum atomic E-state index is 13.0. The summed E-state index contributed by atoms with van der Waals surface area (Å²) in [5, 5.41) is 14.8. The summed E-state index contributed by atoms with van der Waals surface area (Å²) < 4.78 is 0. The highest BCUT2D eigenvalue weighted by atomic mass is 16.3. The number of aliphatic hydroxyl groups is 1. The normalized spacial score (nSPS) is 10.5. The van der Waals surface area contributed by atoms with Crippen LogP contribution in [0.4, 0.5) is 11.5 Å². The molecule has 3 rings (SSSR count). The molecule has 3 aromatic rings. The van der Waals surface area contributed by atoms with Gasteiger partial charge in [0.15, 0.2) is 0 Å². The summed E-state index contributed by atoms with van der Waals surface area (Å²) in [4.78, 5) is 17.2. The van der Waals surface area contributed by atoms with Crippen molar-refractivity contribution in [3.63, 3.8) is 0 Å². The summed E-state index contributed by atoms with van der Waals surface area (Å²) in [6.45, 7) is 0.471. The van der Waals surface area contributed by atoms with E-state index in [1.165, 1.54) is 0 Å². The number of carbonyl (C=O) groups is 1. The van der Waals surface area contributed by atoms with E-state index in [0.29, 0.717) is 18.1 Å². The second kappa shape index (κ2) is 8.78. The SMILES string of the molecule is O=C(Nc1ccc(NCCO)nc1)C(c1ccccc1)c1ccccc1. The van der Waals surface area contributed by atoms with Gasteiger partial charge >= 0.3 is 0 Å². The van der Waals surface area contributed by atoms with Gasteiger partial charge in [0.1, 0.15) is 5.82 Å². The molecular weight excluding hydrogens is 326 g/mol. The highest BCUT2D eigenvalue weighted by Crippen LogP contribution is 2.26. The zero-order valence-corrected chi connectivity index (χ0v) is 14.3. The predicted molar refractivity (Wildman–Crippen MR) is 103 cm³/mol. The van der Waals surface area contributed by atoms with Crippen LogP contribution in [0.1, 0.15) is 17.0 Å². The Hall–Kier alpha value is -3.18. The van der Waals surface area contributed by atoms with Gasteiger partial charge in [-0.3, -0.25) is 4.79 Å². The summed E-state index contributed by atoms with van der Waals surface area (Å²) in [6, 6.07) is 23.0. The molecule has 0 atom stereocenters. The fourth-order valence-electron chi connectivity index (χ4n) is 2.76. The third-order valence-corrected chi connectivity index (χ3v) is 3.98. The second-order valence-corrected chi connectivity index (χ2v) is 5.83. The van der Waals surface area contributed by atoms with Crippen LogP contribution in [0.15, 0.2) is 79.0 Å². The number of nitrogens with zero attached hydrogens (tertiary/aromatic N) is 1. The smallest absolute Gasteiger partial charge is 0.236 e. The molecule has 0 unspecified atom stereocenters. The van der Waals surface area contributed by atoms with Crippen molar-refractivity contribution >= 4 is 17.4 Å². The Morgan fingerprint density at radius 3 is 2.04 bits per heavy atom. The lowest BCUT2D eigenvalue weighted by atomic mass is 9.90. The van der Waals surface area contributed by atoms with Crippen LogP contribution in [0.5, 0.6) is 0 Å². The number of rotatable bonds is 7. The number of carbonyl (C=O) groups excluding carboxylic acids is 1. The third kappa shape index (κ3) is 4.46. The Bertz CT molecular complexity index is 781. The molecule has 0 saturated heterocycles. The van der Waals surface area contributed by atoms with Crippen molar-refractivity contribution in [2.45, 2.75) is 5.92 Å². The standard InChI is InChI=1S/C21H21N3O2/c25-14-13-22-19-12-11-18(15-23-19)24-21(26)20(16-7-3-1-4-8-16)17-9-5-2-6-10-17/h1-12,15,20,25H,13-14H2,(H,22,23)(H,24,26). The van der Waals surface area contributed by atoms with Gasteiger partial charge in [0.05, 0.1) is 24.4 Å². The van der Waals surface area contributed by atoms with Crippen molar-refractivity contribution in [3.8, 4) is 0 Å². The molecule has 0 aliphatic rings. The van der Waals surface area contributed by atoms with Crippen molar-refractivity contribution < 1.29 is 9.90 Å². The zero-order valence-electron chi connectivity index (χ0n) is 14.3. The molecular formula is C21H21N3O2. The number of aromatic nitrogens is 1. The minimum Gasteiger partial charge on any atom is -0.395 e. The van der Waals surface area contributed by atoms with Gasteiger partial charge in [0.2, 0.25) is 5.91 Å². The molecule has 5 heteroatoms. The summed E-state index contributed by atoms with van der Waals surface area (Å²) in [7, 11) is 0. The fraction of sp³-hybridized carbons (Fsp3) is 0.143. The number of nitrogens with one attached hydrogen (secondary N) is 2. The van der Waals surface area contributed by atoms with Crippen molar-refractivity contribution in [1.82, 2.24) is 4.98 Å². The van der Waals surface area contributed by atoms with E-state index in [0.717, 1.165) is 11.1 Å². The minimum absolute atomic E-state index is 0.0377. The molecule has 2 aromatic carbocycles. The van der Waals surface area contributed by atoms with Gasteiger partial charge in [-0.2, -0.15) is 0 Å².